The average Bonchev–Trinajstić information content (AvgIpc) is 3.05. The number of aromatic nitrogens is 2. The second-order valence-electron chi connectivity index (χ2n) is 7.17. The van der Waals surface area contributed by atoms with Crippen molar-refractivity contribution in [1.82, 2.24) is 15.3 Å². The lowest BCUT2D eigenvalue weighted by Crippen LogP contribution is -2.35. The van der Waals surface area contributed by atoms with Crippen LogP contribution >= 0.6 is 10.6 Å². The molecule has 0 bridgehead atoms. The molecule has 3 aromatic rings. The summed E-state index contributed by atoms with van der Waals surface area (Å²) in [5.74, 6) is 0.386. The van der Waals surface area contributed by atoms with Gasteiger partial charge >= 0.3 is 6.18 Å². The first-order valence-corrected chi connectivity index (χ1v) is 11.1. The van der Waals surface area contributed by atoms with E-state index in [1.165, 1.54) is 6.07 Å². The third-order valence-electron chi connectivity index (χ3n) is 4.78. The van der Waals surface area contributed by atoms with Crippen LogP contribution in [-0.4, -0.2) is 42.5 Å². The van der Waals surface area contributed by atoms with Crippen molar-refractivity contribution in [3.63, 3.8) is 0 Å². The van der Waals surface area contributed by atoms with E-state index in [2.05, 4.69) is 15.3 Å². The SMILES string of the molecule is O=C(N[C@@H]1CCS(O)(O)C1)c1ccc2cc(Oc3ccc(C(F)(F)F)cn3)ccc2n1. The van der Waals surface area contributed by atoms with Gasteiger partial charge in [-0.15, -0.1) is 0 Å². The summed E-state index contributed by atoms with van der Waals surface area (Å²) in [4.78, 5) is 20.4. The van der Waals surface area contributed by atoms with Gasteiger partial charge in [-0.25, -0.2) is 9.97 Å². The Kier molecular flexibility index (Phi) is 5.50. The molecule has 164 valence electrons. The number of nitrogens with one attached hydrogen (secondary N) is 1. The molecule has 1 aromatic carbocycles. The van der Waals surface area contributed by atoms with E-state index in [0.29, 0.717) is 29.3 Å². The van der Waals surface area contributed by atoms with Crippen molar-refractivity contribution in [2.45, 2.75) is 18.6 Å². The summed E-state index contributed by atoms with van der Waals surface area (Å²) in [6.07, 6.45) is -3.27. The Bertz CT molecular complexity index is 1120. The molecule has 1 saturated heterocycles. The van der Waals surface area contributed by atoms with E-state index in [1.807, 2.05) is 0 Å². The van der Waals surface area contributed by atoms with Crippen LogP contribution in [-0.2, 0) is 6.18 Å². The normalized spacial score (nSPS) is 19.2. The predicted octanol–water partition coefficient (Wildman–Crippen LogP) is 4.69. The first kappa shape index (κ1) is 21.3. The zero-order valence-corrected chi connectivity index (χ0v) is 16.8. The van der Waals surface area contributed by atoms with Gasteiger partial charge in [-0.3, -0.25) is 13.9 Å². The Morgan fingerprint density at radius 2 is 1.97 bits per heavy atom. The highest BCUT2D eigenvalue weighted by Gasteiger charge is 2.31. The lowest BCUT2D eigenvalue weighted by Gasteiger charge is -2.25. The number of halogens is 3. The highest BCUT2D eigenvalue weighted by Crippen LogP contribution is 2.45. The van der Waals surface area contributed by atoms with Crippen molar-refractivity contribution in [2.75, 3.05) is 11.5 Å². The number of carbonyl (C=O) groups is 1. The molecule has 0 aliphatic carbocycles. The molecule has 31 heavy (non-hydrogen) atoms. The molecule has 1 atom stereocenters. The van der Waals surface area contributed by atoms with E-state index in [0.717, 1.165) is 12.1 Å². The van der Waals surface area contributed by atoms with Crippen LogP contribution in [0.25, 0.3) is 10.9 Å². The Morgan fingerprint density at radius 1 is 1.16 bits per heavy atom. The van der Waals surface area contributed by atoms with Crippen LogP contribution in [0.1, 0.15) is 22.5 Å². The number of hydrogen-bond donors (Lipinski definition) is 3. The summed E-state index contributed by atoms with van der Waals surface area (Å²) in [5, 5.41) is 3.42. The van der Waals surface area contributed by atoms with Crippen LogP contribution in [0.4, 0.5) is 13.2 Å². The number of ether oxygens (including phenoxy) is 1. The molecule has 3 heterocycles. The molecule has 1 aliphatic rings. The summed E-state index contributed by atoms with van der Waals surface area (Å²) in [6.45, 7) is 0. The van der Waals surface area contributed by atoms with Crippen molar-refractivity contribution in [3.05, 3.63) is 59.9 Å². The van der Waals surface area contributed by atoms with Gasteiger partial charge < -0.3 is 10.1 Å². The smallest absolute Gasteiger partial charge is 0.417 e. The van der Waals surface area contributed by atoms with Gasteiger partial charge in [0.05, 0.1) is 16.8 Å². The Morgan fingerprint density at radius 3 is 2.61 bits per heavy atom. The van der Waals surface area contributed by atoms with Crippen molar-refractivity contribution in [1.29, 1.82) is 0 Å². The van der Waals surface area contributed by atoms with E-state index < -0.39 is 28.2 Å². The Balaban J connectivity index is 1.46. The van der Waals surface area contributed by atoms with Gasteiger partial charge in [0.2, 0.25) is 5.88 Å². The molecule has 7 nitrogen and oxygen atoms in total. The van der Waals surface area contributed by atoms with Gasteiger partial charge in [-0.2, -0.15) is 23.8 Å². The van der Waals surface area contributed by atoms with Crippen molar-refractivity contribution in [3.8, 4) is 11.6 Å². The largest absolute Gasteiger partial charge is 0.439 e. The quantitative estimate of drug-likeness (QED) is 0.529. The minimum absolute atomic E-state index is 0.0128. The topological polar surface area (TPSA) is 105 Å². The lowest BCUT2D eigenvalue weighted by atomic mass is 10.2. The number of nitrogens with zero attached hydrogens (tertiary/aromatic N) is 2. The number of hydrogen-bond acceptors (Lipinski definition) is 6. The minimum Gasteiger partial charge on any atom is -0.439 e. The number of carbonyl (C=O) groups excluding carboxylic acids is 1. The highest BCUT2D eigenvalue weighted by atomic mass is 32.3. The Hall–Kier alpha value is -2.89. The molecule has 4 rings (SSSR count). The molecule has 0 spiro atoms. The molecule has 1 aliphatic heterocycles. The molecule has 0 radical (unpaired) electrons. The van der Waals surface area contributed by atoms with Gasteiger partial charge in [-0.1, -0.05) is 6.07 Å². The average molecular weight is 453 g/mol. The summed E-state index contributed by atoms with van der Waals surface area (Å²) < 4.78 is 62.7. The molecule has 2 aromatic heterocycles. The number of pyridine rings is 2. The lowest BCUT2D eigenvalue weighted by molar-refractivity contribution is -0.137. The first-order chi connectivity index (χ1) is 14.6. The van der Waals surface area contributed by atoms with Crippen LogP contribution in [0.3, 0.4) is 0 Å². The fraction of sp³-hybridized carbons (Fsp3) is 0.250. The third-order valence-corrected chi connectivity index (χ3v) is 6.60. The maximum atomic E-state index is 12.6. The van der Waals surface area contributed by atoms with Crippen molar-refractivity contribution >= 4 is 27.4 Å². The van der Waals surface area contributed by atoms with Gasteiger partial charge in [0.15, 0.2) is 0 Å². The fourth-order valence-electron chi connectivity index (χ4n) is 3.22. The summed E-state index contributed by atoms with van der Waals surface area (Å²) >= 11 is 0. The van der Waals surface area contributed by atoms with Crippen molar-refractivity contribution in [2.24, 2.45) is 0 Å². The number of fused-ring (bicyclic) bond motifs is 1. The molecule has 0 saturated carbocycles. The number of amides is 1. The van der Waals surface area contributed by atoms with Crippen LogP contribution in [0.15, 0.2) is 48.7 Å². The zero-order valence-electron chi connectivity index (χ0n) is 16.0. The number of alkyl halides is 3. The zero-order chi connectivity index (χ0) is 22.2. The molecule has 1 fully saturated rings. The van der Waals surface area contributed by atoms with Crippen molar-refractivity contribution < 1.29 is 31.8 Å². The second kappa shape index (κ2) is 7.98. The molecular weight excluding hydrogens is 435 g/mol. The van der Waals surface area contributed by atoms with Crippen LogP contribution in [0.5, 0.6) is 11.6 Å². The molecular formula is C20H18F3N3O4S. The van der Waals surface area contributed by atoms with Crippen LogP contribution in [0, 0.1) is 0 Å². The molecule has 0 unspecified atom stereocenters. The van der Waals surface area contributed by atoms with E-state index in [1.54, 1.807) is 24.3 Å². The minimum atomic E-state index is -4.47. The molecule has 11 heteroatoms. The maximum absolute atomic E-state index is 12.6. The van der Waals surface area contributed by atoms with Gasteiger partial charge in [0.25, 0.3) is 5.91 Å². The predicted molar refractivity (Wildman–Crippen MR) is 110 cm³/mol. The van der Waals surface area contributed by atoms with Gasteiger partial charge in [0.1, 0.15) is 11.4 Å². The van der Waals surface area contributed by atoms with Gasteiger partial charge in [0, 0.05) is 29.4 Å². The first-order valence-electron chi connectivity index (χ1n) is 9.25. The van der Waals surface area contributed by atoms with Gasteiger partial charge in [-0.05, 0) is 36.8 Å². The fourth-order valence-corrected chi connectivity index (χ4v) is 4.94. The van der Waals surface area contributed by atoms with E-state index >= 15 is 0 Å². The highest BCUT2D eigenvalue weighted by molar-refractivity contribution is 8.24. The standard InChI is InChI=1S/C20H18F3N3O4S/c21-20(22,23)13-2-6-18(24-10-13)30-15-3-5-16-12(9-15)1-4-17(26-16)19(27)25-14-7-8-31(28,29)11-14/h1-6,9-10,14,28-29H,7-8,11H2,(H,25,27)/t14-/m1/s1. The molecule has 1 amide bonds. The van der Waals surface area contributed by atoms with Crippen LogP contribution < -0.4 is 10.1 Å². The summed E-state index contributed by atoms with van der Waals surface area (Å²) in [5.41, 5.74) is -0.152. The van der Waals surface area contributed by atoms with E-state index in [9.17, 15) is 27.1 Å². The monoisotopic (exact) mass is 453 g/mol. The Labute approximate surface area is 176 Å². The summed E-state index contributed by atoms with van der Waals surface area (Å²) in [7, 11) is -2.61. The van der Waals surface area contributed by atoms with Crippen LogP contribution in [0.2, 0.25) is 0 Å². The third kappa shape index (κ3) is 5.06. The molecule has 3 N–H and O–H groups in total. The van der Waals surface area contributed by atoms with E-state index in [-0.39, 0.29) is 29.1 Å². The number of rotatable bonds is 4. The van der Waals surface area contributed by atoms with E-state index in [4.69, 9.17) is 4.74 Å². The second-order valence-corrected chi connectivity index (χ2v) is 9.51. The maximum Gasteiger partial charge on any atom is 0.417 e. The summed E-state index contributed by atoms with van der Waals surface area (Å²) in [6, 6.07) is 9.76. The number of benzene rings is 1.